The molecule has 2 aliphatic heterocycles. The molecular weight excluding hydrogens is 478 g/mol. The van der Waals surface area contributed by atoms with Crippen LogP contribution in [0.4, 0.5) is 5.82 Å². The molecule has 0 unspecified atom stereocenters. The fourth-order valence-corrected chi connectivity index (χ4v) is 6.37. The van der Waals surface area contributed by atoms with Crippen LogP contribution >= 0.6 is 11.5 Å². The first-order chi connectivity index (χ1) is 17.7. The molecule has 0 aromatic carbocycles. The van der Waals surface area contributed by atoms with Crippen molar-refractivity contribution < 1.29 is 14.2 Å². The van der Waals surface area contributed by atoms with Crippen molar-refractivity contribution in [3.8, 4) is 0 Å². The smallest absolute Gasteiger partial charge is 0.149 e. The summed E-state index contributed by atoms with van der Waals surface area (Å²) in [5.74, 6) is 1.73. The number of anilines is 1. The van der Waals surface area contributed by atoms with Crippen molar-refractivity contribution in [1.82, 2.24) is 29.0 Å². The van der Waals surface area contributed by atoms with Crippen molar-refractivity contribution in [2.24, 2.45) is 0 Å². The van der Waals surface area contributed by atoms with Crippen LogP contribution in [0.25, 0.3) is 10.2 Å². The summed E-state index contributed by atoms with van der Waals surface area (Å²) in [4.78, 5) is 13.4. The summed E-state index contributed by atoms with van der Waals surface area (Å²) in [5, 5.41) is 9.36. The standard InChI is InChI=1S/C25H35N7O3S/c1-17-23-24(27-19-2-4-20(5-3-19)31-6-8-33-9-7-31)28-22(29-25(23)36-30-17)12-18-13-26-32(14-18)15-21-16-34-10-11-35-21/h13-14,19-21H,2-12,15-16H2,1H3,(H,27,28,29)/t19?,20?,21-/m1/s1. The molecule has 194 valence electrons. The van der Waals surface area contributed by atoms with E-state index in [1.165, 1.54) is 24.4 Å². The second kappa shape index (κ2) is 11.1. The Morgan fingerprint density at radius 3 is 2.72 bits per heavy atom. The lowest BCUT2D eigenvalue weighted by Crippen LogP contribution is -2.46. The Balaban J connectivity index is 1.13. The maximum atomic E-state index is 5.76. The molecule has 36 heavy (non-hydrogen) atoms. The maximum Gasteiger partial charge on any atom is 0.149 e. The number of morpholine rings is 1. The van der Waals surface area contributed by atoms with Gasteiger partial charge >= 0.3 is 0 Å². The van der Waals surface area contributed by atoms with Gasteiger partial charge in [-0.1, -0.05) is 0 Å². The van der Waals surface area contributed by atoms with E-state index in [-0.39, 0.29) is 6.10 Å². The van der Waals surface area contributed by atoms with E-state index in [4.69, 9.17) is 24.2 Å². The van der Waals surface area contributed by atoms with E-state index in [0.717, 1.165) is 72.3 Å². The van der Waals surface area contributed by atoms with Crippen LogP contribution in [0, 0.1) is 6.92 Å². The Labute approximate surface area is 215 Å². The van der Waals surface area contributed by atoms with Crippen molar-refractivity contribution in [2.75, 3.05) is 51.4 Å². The minimum atomic E-state index is 0.0495. The van der Waals surface area contributed by atoms with Crippen molar-refractivity contribution >= 4 is 27.6 Å². The quantitative estimate of drug-likeness (QED) is 0.511. The molecular formula is C25H35N7O3S. The van der Waals surface area contributed by atoms with E-state index < -0.39 is 0 Å². The molecule has 1 N–H and O–H groups in total. The van der Waals surface area contributed by atoms with Crippen molar-refractivity contribution in [2.45, 2.75) is 63.8 Å². The zero-order valence-corrected chi connectivity index (χ0v) is 21.7. The Kier molecular flexibility index (Phi) is 7.43. The number of rotatable bonds is 7. The molecule has 1 aliphatic carbocycles. The van der Waals surface area contributed by atoms with Gasteiger partial charge in [-0.05, 0) is 49.7 Å². The van der Waals surface area contributed by atoms with Crippen LogP contribution in [-0.4, -0.2) is 93.3 Å². The summed E-state index contributed by atoms with van der Waals surface area (Å²) in [5.41, 5.74) is 2.08. The van der Waals surface area contributed by atoms with Crippen molar-refractivity contribution in [3.05, 3.63) is 29.5 Å². The number of hydrogen-bond acceptors (Lipinski definition) is 10. The molecule has 0 amide bonds. The first-order valence-corrected chi connectivity index (χ1v) is 13.9. The normalized spacial score (nSPS) is 25.9. The second-order valence-electron chi connectivity index (χ2n) is 10.0. The van der Waals surface area contributed by atoms with Crippen LogP contribution in [0.15, 0.2) is 12.4 Å². The lowest BCUT2D eigenvalue weighted by molar-refractivity contribution is -0.0946. The highest BCUT2D eigenvalue weighted by atomic mass is 32.1. The molecule has 5 heterocycles. The molecule has 1 saturated carbocycles. The molecule has 1 atom stereocenters. The summed E-state index contributed by atoms with van der Waals surface area (Å²) in [7, 11) is 0. The van der Waals surface area contributed by atoms with Crippen LogP contribution in [0.5, 0.6) is 0 Å². The lowest BCUT2D eigenvalue weighted by atomic mass is 9.90. The van der Waals surface area contributed by atoms with Gasteiger partial charge in [-0.2, -0.15) is 9.47 Å². The molecule has 3 aliphatic rings. The number of fused-ring (bicyclic) bond motifs is 1. The van der Waals surface area contributed by atoms with Gasteiger partial charge in [0.1, 0.15) is 22.6 Å². The average molecular weight is 514 g/mol. The topological polar surface area (TPSA) is 99.5 Å². The summed E-state index contributed by atoms with van der Waals surface area (Å²) < 4.78 is 23.3. The second-order valence-corrected chi connectivity index (χ2v) is 10.8. The molecule has 2 saturated heterocycles. The number of ether oxygens (including phenoxy) is 3. The van der Waals surface area contributed by atoms with Gasteiger partial charge < -0.3 is 19.5 Å². The van der Waals surface area contributed by atoms with Crippen molar-refractivity contribution in [1.29, 1.82) is 0 Å². The Morgan fingerprint density at radius 1 is 1.06 bits per heavy atom. The SMILES string of the molecule is Cc1nsc2nc(Cc3cnn(C[C@@H]4COCCO4)c3)nc(NC3CCC(N4CCOCC4)CC3)c12. The highest BCUT2D eigenvalue weighted by Crippen LogP contribution is 2.31. The number of nitrogens with one attached hydrogen (secondary N) is 1. The predicted molar refractivity (Wildman–Crippen MR) is 138 cm³/mol. The third-order valence-electron chi connectivity index (χ3n) is 7.48. The van der Waals surface area contributed by atoms with Crippen LogP contribution in [-0.2, 0) is 27.2 Å². The lowest BCUT2D eigenvalue weighted by Gasteiger charge is -2.39. The monoisotopic (exact) mass is 513 g/mol. The fraction of sp³-hybridized carbons (Fsp3) is 0.680. The van der Waals surface area contributed by atoms with Crippen LogP contribution in [0.3, 0.4) is 0 Å². The van der Waals surface area contributed by atoms with E-state index in [9.17, 15) is 0 Å². The summed E-state index contributed by atoms with van der Waals surface area (Å²) in [6.45, 7) is 8.53. The Hall–Kier alpha value is -2.18. The number of aromatic nitrogens is 5. The molecule has 3 fully saturated rings. The minimum Gasteiger partial charge on any atom is -0.379 e. The first-order valence-electron chi connectivity index (χ1n) is 13.1. The highest BCUT2D eigenvalue weighted by molar-refractivity contribution is 7.13. The Morgan fingerprint density at radius 2 is 1.92 bits per heavy atom. The van der Waals surface area contributed by atoms with Crippen LogP contribution < -0.4 is 5.32 Å². The third kappa shape index (κ3) is 5.55. The van der Waals surface area contributed by atoms with E-state index in [1.54, 1.807) is 0 Å². The third-order valence-corrected chi connectivity index (χ3v) is 8.31. The maximum absolute atomic E-state index is 5.76. The van der Waals surface area contributed by atoms with Crippen LogP contribution in [0.2, 0.25) is 0 Å². The molecule has 3 aromatic rings. The summed E-state index contributed by atoms with van der Waals surface area (Å²) in [6.07, 6.45) is 9.38. The zero-order chi connectivity index (χ0) is 24.3. The molecule has 0 radical (unpaired) electrons. The van der Waals surface area contributed by atoms with Crippen LogP contribution in [0.1, 0.15) is 42.8 Å². The van der Waals surface area contributed by atoms with Crippen molar-refractivity contribution in [3.63, 3.8) is 0 Å². The summed E-state index contributed by atoms with van der Waals surface area (Å²) >= 11 is 1.45. The van der Waals surface area contributed by atoms with Gasteiger partial charge in [-0.25, -0.2) is 9.97 Å². The fourth-order valence-electron chi connectivity index (χ4n) is 5.57. The minimum absolute atomic E-state index is 0.0495. The molecule has 11 heteroatoms. The van der Waals surface area contributed by atoms with Gasteiger partial charge in [0.2, 0.25) is 0 Å². The molecule has 10 nitrogen and oxygen atoms in total. The number of hydrogen-bond donors (Lipinski definition) is 1. The van der Waals surface area contributed by atoms with E-state index in [0.29, 0.717) is 44.9 Å². The van der Waals surface area contributed by atoms with Gasteiger partial charge in [-0.15, -0.1) is 0 Å². The van der Waals surface area contributed by atoms with Gasteiger partial charge in [0, 0.05) is 37.8 Å². The van der Waals surface area contributed by atoms with E-state index in [1.807, 2.05) is 17.8 Å². The molecule has 0 bridgehead atoms. The van der Waals surface area contributed by atoms with E-state index in [2.05, 4.69) is 25.9 Å². The molecule has 6 rings (SSSR count). The van der Waals surface area contributed by atoms with Gasteiger partial charge in [-0.3, -0.25) is 9.58 Å². The number of nitrogens with zero attached hydrogens (tertiary/aromatic N) is 6. The summed E-state index contributed by atoms with van der Waals surface area (Å²) in [6, 6.07) is 1.10. The average Bonchev–Trinajstić information content (AvgIpc) is 3.51. The number of aryl methyl sites for hydroxylation is 1. The Bertz CT molecular complexity index is 1150. The largest absolute Gasteiger partial charge is 0.379 e. The van der Waals surface area contributed by atoms with E-state index >= 15 is 0 Å². The van der Waals surface area contributed by atoms with Gasteiger partial charge in [0.25, 0.3) is 0 Å². The van der Waals surface area contributed by atoms with Gasteiger partial charge in [0.05, 0.1) is 56.9 Å². The first kappa shape index (κ1) is 24.2. The van der Waals surface area contributed by atoms with Gasteiger partial charge in [0.15, 0.2) is 0 Å². The molecule has 3 aromatic heterocycles. The zero-order valence-electron chi connectivity index (χ0n) is 20.9. The highest BCUT2D eigenvalue weighted by Gasteiger charge is 2.28. The predicted octanol–water partition coefficient (Wildman–Crippen LogP) is 2.65. The molecule has 0 spiro atoms.